The van der Waals surface area contributed by atoms with Crippen molar-refractivity contribution in [1.29, 1.82) is 0 Å². The maximum atomic E-state index is 13.3. The van der Waals surface area contributed by atoms with E-state index in [0.29, 0.717) is 19.5 Å². The first kappa shape index (κ1) is 16.9. The zero-order valence-corrected chi connectivity index (χ0v) is 11.8. The van der Waals surface area contributed by atoms with Crippen LogP contribution in [0.4, 0.5) is 8.78 Å². The van der Waals surface area contributed by atoms with Gasteiger partial charge < -0.3 is 5.11 Å². The molecule has 1 aromatic rings. The minimum absolute atomic E-state index is 0. The summed E-state index contributed by atoms with van der Waals surface area (Å²) in [6.45, 7) is 0.985. The van der Waals surface area contributed by atoms with Gasteiger partial charge in [-0.3, -0.25) is 9.69 Å². The summed E-state index contributed by atoms with van der Waals surface area (Å²) in [7, 11) is 0. The van der Waals surface area contributed by atoms with E-state index in [-0.39, 0.29) is 31.8 Å². The van der Waals surface area contributed by atoms with Gasteiger partial charge in [-0.15, -0.1) is 12.4 Å². The second-order valence-corrected chi connectivity index (χ2v) is 5.06. The molecule has 0 saturated carbocycles. The second kappa shape index (κ2) is 6.99. The van der Waals surface area contributed by atoms with Crippen LogP contribution in [-0.4, -0.2) is 35.0 Å². The Kier molecular flexibility index (Phi) is 5.89. The van der Waals surface area contributed by atoms with E-state index in [9.17, 15) is 13.6 Å². The Balaban J connectivity index is 0.00000200. The Morgan fingerprint density at radius 2 is 1.85 bits per heavy atom. The van der Waals surface area contributed by atoms with Gasteiger partial charge in [0.2, 0.25) is 0 Å². The number of likely N-dealkylation sites (tertiary alicyclic amines) is 1. The molecule has 1 fully saturated rings. The van der Waals surface area contributed by atoms with E-state index in [1.165, 1.54) is 0 Å². The van der Waals surface area contributed by atoms with Crippen molar-refractivity contribution >= 4 is 18.4 Å². The van der Waals surface area contributed by atoms with Crippen molar-refractivity contribution in [2.75, 3.05) is 13.1 Å². The number of nitrogens with zero attached hydrogens (tertiary/aromatic N) is 1. The third kappa shape index (κ3) is 5.06. The molecular weight excluding hydrogens is 288 g/mol. The number of hydrogen-bond donors (Lipinski definition) is 1. The molecule has 0 aromatic heterocycles. The van der Waals surface area contributed by atoms with Crippen LogP contribution in [0.5, 0.6) is 0 Å². The zero-order chi connectivity index (χ0) is 13.9. The molecule has 1 saturated heterocycles. The number of halogens is 3. The molecule has 0 atom stereocenters. The number of carboxylic acids is 1. The van der Waals surface area contributed by atoms with Gasteiger partial charge in [-0.2, -0.15) is 0 Å². The van der Waals surface area contributed by atoms with Gasteiger partial charge in [0, 0.05) is 13.0 Å². The molecule has 1 heterocycles. The number of benzene rings is 1. The number of alkyl halides is 2. The van der Waals surface area contributed by atoms with Crippen LogP contribution in [0.25, 0.3) is 0 Å². The summed E-state index contributed by atoms with van der Waals surface area (Å²) in [4.78, 5) is 12.3. The van der Waals surface area contributed by atoms with Crippen LogP contribution in [0.2, 0.25) is 0 Å². The van der Waals surface area contributed by atoms with Crippen LogP contribution in [0.15, 0.2) is 24.3 Å². The first-order valence-electron chi connectivity index (χ1n) is 6.34. The number of carbonyl (C=O) groups is 1. The molecule has 0 bridgehead atoms. The van der Waals surface area contributed by atoms with E-state index in [1.807, 2.05) is 12.1 Å². The molecule has 1 aromatic carbocycles. The SMILES string of the molecule is Cl.O=C(O)Cc1ccc(CN2CCCC(F)(F)C2)cc1. The maximum Gasteiger partial charge on any atom is 0.307 e. The van der Waals surface area contributed by atoms with Crippen molar-refractivity contribution in [2.45, 2.75) is 31.7 Å². The molecule has 0 aliphatic carbocycles. The van der Waals surface area contributed by atoms with E-state index >= 15 is 0 Å². The Morgan fingerprint density at radius 1 is 1.25 bits per heavy atom. The van der Waals surface area contributed by atoms with Crippen LogP contribution in [0, 0.1) is 0 Å². The molecule has 1 N–H and O–H groups in total. The third-order valence-corrected chi connectivity index (χ3v) is 3.26. The fourth-order valence-electron chi connectivity index (χ4n) is 2.38. The topological polar surface area (TPSA) is 40.5 Å². The molecule has 1 aliphatic heterocycles. The summed E-state index contributed by atoms with van der Waals surface area (Å²) in [6.07, 6.45) is 0.479. The molecule has 6 heteroatoms. The van der Waals surface area contributed by atoms with Gasteiger partial charge in [-0.1, -0.05) is 24.3 Å². The summed E-state index contributed by atoms with van der Waals surface area (Å²) in [5.74, 6) is -3.45. The predicted octanol–water partition coefficient (Wildman–Crippen LogP) is 2.97. The van der Waals surface area contributed by atoms with Gasteiger partial charge in [-0.25, -0.2) is 8.78 Å². The summed E-state index contributed by atoms with van der Waals surface area (Å²) in [5.41, 5.74) is 1.66. The summed E-state index contributed by atoms with van der Waals surface area (Å²) in [5, 5.41) is 8.66. The fraction of sp³-hybridized carbons (Fsp3) is 0.500. The van der Waals surface area contributed by atoms with Gasteiger partial charge in [0.1, 0.15) is 0 Å². The summed E-state index contributed by atoms with van der Waals surface area (Å²) >= 11 is 0. The van der Waals surface area contributed by atoms with Gasteiger partial charge in [0.05, 0.1) is 13.0 Å². The van der Waals surface area contributed by atoms with Crippen LogP contribution in [0.3, 0.4) is 0 Å². The molecule has 3 nitrogen and oxygen atoms in total. The largest absolute Gasteiger partial charge is 0.481 e. The highest BCUT2D eigenvalue weighted by atomic mass is 35.5. The third-order valence-electron chi connectivity index (χ3n) is 3.26. The average Bonchev–Trinajstić information content (AvgIpc) is 2.30. The van der Waals surface area contributed by atoms with Gasteiger partial charge >= 0.3 is 5.97 Å². The van der Waals surface area contributed by atoms with Crippen molar-refractivity contribution in [3.05, 3.63) is 35.4 Å². The summed E-state index contributed by atoms with van der Waals surface area (Å²) in [6, 6.07) is 7.10. The van der Waals surface area contributed by atoms with E-state index in [4.69, 9.17) is 5.11 Å². The molecule has 20 heavy (non-hydrogen) atoms. The van der Waals surface area contributed by atoms with Crippen molar-refractivity contribution in [2.24, 2.45) is 0 Å². The molecule has 112 valence electrons. The lowest BCUT2D eigenvalue weighted by molar-refractivity contribution is -0.136. The highest BCUT2D eigenvalue weighted by Gasteiger charge is 2.34. The maximum absolute atomic E-state index is 13.3. The van der Waals surface area contributed by atoms with E-state index in [0.717, 1.165) is 11.1 Å². The quantitative estimate of drug-likeness (QED) is 0.930. The number of aliphatic carboxylic acids is 1. The lowest BCUT2D eigenvalue weighted by Gasteiger charge is -2.32. The van der Waals surface area contributed by atoms with Crippen molar-refractivity contribution < 1.29 is 18.7 Å². The lowest BCUT2D eigenvalue weighted by Crippen LogP contribution is -2.41. The monoisotopic (exact) mass is 305 g/mol. The molecule has 1 aliphatic rings. The number of piperidine rings is 1. The molecule has 0 spiro atoms. The average molecular weight is 306 g/mol. The normalized spacial score (nSPS) is 18.3. The van der Waals surface area contributed by atoms with Crippen LogP contribution >= 0.6 is 12.4 Å². The van der Waals surface area contributed by atoms with E-state index < -0.39 is 11.9 Å². The standard InChI is InChI=1S/C14H17F2NO2.ClH/c15-14(16)6-1-7-17(10-14)9-12-4-2-11(3-5-12)8-13(18)19;/h2-5H,1,6-10H2,(H,18,19);1H. The van der Waals surface area contributed by atoms with Crippen molar-refractivity contribution in [1.82, 2.24) is 4.90 Å². The first-order valence-corrected chi connectivity index (χ1v) is 6.34. The van der Waals surface area contributed by atoms with Crippen LogP contribution in [0.1, 0.15) is 24.0 Å². The van der Waals surface area contributed by atoms with E-state index in [2.05, 4.69) is 0 Å². The Labute approximate surface area is 123 Å². The highest BCUT2D eigenvalue weighted by molar-refractivity contribution is 5.85. The second-order valence-electron chi connectivity index (χ2n) is 5.06. The number of rotatable bonds is 4. The Morgan fingerprint density at radius 3 is 2.40 bits per heavy atom. The predicted molar refractivity (Wildman–Crippen MR) is 74.5 cm³/mol. The zero-order valence-electron chi connectivity index (χ0n) is 11.0. The number of hydrogen-bond acceptors (Lipinski definition) is 2. The Hall–Kier alpha value is -1.20. The molecule has 2 rings (SSSR count). The van der Waals surface area contributed by atoms with Gasteiger partial charge in [0.15, 0.2) is 0 Å². The molecular formula is C14H18ClF2NO2. The number of carboxylic acid groups (broad SMARTS) is 1. The van der Waals surface area contributed by atoms with E-state index in [1.54, 1.807) is 17.0 Å². The van der Waals surface area contributed by atoms with Gasteiger partial charge in [-0.05, 0) is 24.1 Å². The molecule has 0 radical (unpaired) electrons. The van der Waals surface area contributed by atoms with Crippen LogP contribution < -0.4 is 0 Å². The highest BCUT2D eigenvalue weighted by Crippen LogP contribution is 2.27. The smallest absolute Gasteiger partial charge is 0.307 e. The van der Waals surface area contributed by atoms with Gasteiger partial charge in [0.25, 0.3) is 5.92 Å². The van der Waals surface area contributed by atoms with Crippen molar-refractivity contribution in [3.8, 4) is 0 Å². The fourth-order valence-corrected chi connectivity index (χ4v) is 2.38. The molecule has 0 unspecified atom stereocenters. The summed E-state index contributed by atoms with van der Waals surface area (Å²) < 4.78 is 26.5. The Bertz CT molecular complexity index is 451. The first-order chi connectivity index (χ1) is 8.94. The van der Waals surface area contributed by atoms with Crippen LogP contribution in [-0.2, 0) is 17.8 Å². The minimum Gasteiger partial charge on any atom is -0.481 e. The van der Waals surface area contributed by atoms with Crippen molar-refractivity contribution in [3.63, 3.8) is 0 Å². The lowest BCUT2D eigenvalue weighted by atomic mass is 10.1. The minimum atomic E-state index is -2.58. The molecule has 0 amide bonds.